The van der Waals surface area contributed by atoms with Gasteiger partial charge >= 0.3 is 5.97 Å². The first kappa shape index (κ1) is 24.2. The predicted molar refractivity (Wildman–Crippen MR) is 118 cm³/mol. The number of nitrogens with zero attached hydrogens (tertiary/aromatic N) is 1. The first-order valence-electron chi connectivity index (χ1n) is 10.3. The molecule has 0 atom stereocenters. The van der Waals surface area contributed by atoms with Crippen molar-refractivity contribution in [3.63, 3.8) is 0 Å². The van der Waals surface area contributed by atoms with Crippen LogP contribution in [-0.4, -0.2) is 22.5 Å². The van der Waals surface area contributed by atoms with Gasteiger partial charge in [0.15, 0.2) is 11.8 Å². The molecule has 0 spiro atoms. The molecule has 0 amide bonds. The van der Waals surface area contributed by atoms with Crippen molar-refractivity contribution in [1.29, 1.82) is 0 Å². The Morgan fingerprint density at radius 1 is 1.00 bits per heavy atom. The minimum Gasteiger partial charge on any atom is -0.623 e. The number of hydrogen-bond donors (Lipinski definition) is 0. The number of hydroxylamine groups is 1. The lowest BCUT2D eigenvalue weighted by Crippen LogP contribution is -2.29. The van der Waals surface area contributed by atoms with E-state index < -0.39 is 5.54 Å². The minimum atomic E-state index is -0.519. The maximum Gasteiger partial charge on any atom is 0.311 e. The molecule has 0 radical (unpaired) electrons. The van der Waals surface area contributed by atoms with E-state index in [0.717, 1.165) is 34.3 Å². The van der Waals surface area contributed by atoms with E-state index in [4.69, 9.17) is 4.74 Å². The maximum atomic E-state index is 12.5. The number of unbranched alkanes of at least 4 members (excludes halogenated alkanes) is 1. The Morgan fingerprint density at radius 3 is 1.82 bits per heavy atom. The van der Waals surface area contributed by atoms with Gasteiger partial charge in [0.1, 0.15) is 5.75 Å². The fraction of sp³-hybridized carbons (Fsp3) is 0.667. The van der Waals surface area contributed by atoms with Crippen LogP contribution < -0.4 is 4.74 Å². The molecule has 0 saturated carbocycles. The van der Waals surface area contributed by atoms with E-state index in [0.29, 0.717) is 12.2 Å². The fourth-order valence-corrected chi connectivity index (χ4v) is 2.76. The van der Waals surface area contributed by atoms with Gasteiger partial charge in [0, 0.05) is 43.9 Å². The second kappa shape index (κ2) is 8.67. The normalized spacial score (nSPS) is 13.6. The molecular formula is C24H39NO3. The van der Waals surface area contributed by atoms with Crippen LogP contribution in [0.15, 0.2) is 12.1 Å². The van der Waals surface area contributed by atoms with Crippen LogP contribution in [0, 0.1) is 5.21 Å². The van der Waals surface area contributed by atoms with Crippen molar-refractivity contribution in [3.8, 4) is 5.75 Å². The molecule has 0 N–H and O–H groups in total. The van der Waals surface area contributed by atoms with Crippen molar-refractivity contribution < 1.29 is 14.3 Å². The minimum absolute atomic E-state index is 0.199. The zero-order chi connectivity index (χ0) is 21.9. The second-order valence-electron chi connectivity index (χ2n) is 10.6. The van der Waals surface area contributed by atoms with E-state index in [1.165, 1.54) is 0 Å². The van der Waals surface area contributed by atoms with E-state index in [1.54, 1.807) is 6.21 Å². The highest BCUT2D eigenvalue weighted by atomic mass is 16.5. The molecule has 0 unspecified atom stereocenters. The zero-order valence-corrected chi connectivity index (χ0v) is 19.5. The van der Waals surface area contributed by atoms with Crippen molar-refractivity contribution in [2.45, 2.75) is 105 Å². The number of carbonyl (C=O) groups is 1. The molecule has 0 heterocycles. The van der Waals surface area contributed by atoms with Gasteiger partial charge < -0.3 is 9.94 Å². The Labute approximate surface area is 171 Å². The average molecular weight is 390 g/mol. The zero-order valence-electron chi connectivity index (χ0n) is 19.5. The SMILES string of the molecule is CCCCC(=O)Oc1c(C(C)(C)C)cc(C=[N+]([O-])C(C)(C)C)cc1C(C)(C)C. The van der Waals surface area contributed by atoms with Crippen LogP contribution in [0.25, 0.3) is 0 Å². The van der Waals surface area contributed by atoms with Crippen molar-refractivity contribution >= 4 is 12.2 Å². The van der Waals surface area contributed by atoms with Crippen LogP contribution in [-0.2, 0) is 15.6 Å². The summed E-state index contributed by atoms with van der Waals surface area (Å²) in [4.78, 5) is 12.4. The third-order valence-electron chi connectivity index (χ3n) is 4.61. The van der Waals surface area contributed by atoms with Gasteiger partial charge in [-0.05, 0) is 29.4 Å². The molecule has 4 heteroatoms. The molecule has 0 saturated heterocycles. The molecule has 28 heavy (non-hydrogen) atoms. The highest BCUT2D eigenvalue weighted by molar-refractivity contribution is 5.80. The fourth-order valence-electron chi connectivity index (χ4n) is 2.76. The number of esters is 1. The van der Waals surface area contributed by atoms with Crippen molar-refractivity contribution in [3.05, 3.63) is 34.0 Å². The Kier molecular flexibility index (Phi) is 7.49. The number of ether oxygens (including phenoxy) is 1. The Hall–Kier alpha value is -1.84. The number of carbonyl (C=O) groups excluding carboxylic acids is 1. The summed E-state index contributed by atoms with van der Waals surface area (Å²) < 4.78 is 6.89. The van der Waals surface area contributed by atoms with E-state index in [9.17, 15) is 10.0 Å². The molecule has 0 aliphatic heterocycles. The molecule has 1 aromatic rings. The van der Waals surface area contributed by atoms with Crippen LogP contribution in [0.2, 0.25) is 0 Å². The molecular weight excluding hydrogens is 350 g/mol. The van der Waals surface area contributed by atoms with Gasteiger partial charge in [0.25, 0.3) is 0 Å². The number of benzene rings is 1. The van der Waals surface area contributed by atoms with Gasteiger partial charge in [-0.25, -0.2) is 4.74 Å². The largest absolute Gasteiger partial charge is 0.623 e. The molecule has 0 fully saturated rings. The van der Waals surface area contributed by atoms with Gasteiger partial charge in [0.05, 0.1) is 0 Å². The summed E-state index contributed by atoms with van der Waals surface area (Å²) in [6.45, 7) is 20.3. The molecule has 0 aliphatic rings. The summed E-state index contributed by atoms with van der Waals surface area (Å²) in [6.07, 6.45) is 3.81. The lowest BCUT2D eigenvalue weighted by atomic mass is 9.78. The predicted octanol–water partition coefficient (Wildman–Crippen LogP) is 6.10. The van der Waals surface area contributed by atoms with E-state index in [2.05, 4.69) is 48.5 Å². The standard InChI is InChI=1S/C24H39NO3/c1-11-12-13-20(26)28-21-18(22(2,3)4)14-17(15-19(21)23(5,6)7)16-25(27)24(8,9)10/h14-16H,11-13H2,1-10H3. The lowest BCUT2D eigenvalue weighted by Gasteiger charge is -2.30. The highest BCUT2D eigenvalue weighted by Crippen LogP contribution is 2.40. The highest BCUT2D eigenvalue weighted by Gasteiger charge is 2.30. The summed E-state index contributed by atoms with van der Waals surface area (Å²) in [5.41, 5.74) is 1.72. The van der Waals surface area contributed by atoms with Crippen molar-refractivity contribution in [1.82, 2.24) is 0 Å². The van der Waals surface area contributed by atoms with Crippen molar-refractivity contribution in [2.24, 2.45) is 0 Å². The summed E-state index contributed by atoms with van der Waals surface area (Å²) in [7, 11) is 0. The monoisotopic (exact) mass is 389 g/mol. The van der Waals surface area contributed by atoms with Crippen LogP contribution in [0.1, 0.15) is 105 Å². The molecule has 1 aromatic carbocycles. The van der Waals surface area contributed by atoms with Crippen LogP contribution in [0.4, 0.5) is 0 Å². The van der Waals surface area contributed by atoms with Crippen molar-refractivity contribution in [2.75, 3.05) is 0 Å². The smallest absolute Gasteiger partial charge is 0.311 e. The summed E-state index contributed by atoms with van der Waals surface area (Å²) >= 11 is 0. The van der Waals surface area contributed by atoms with Gasteiger partial charge in [-0.2, -0.15) is 0 Å². The van der Waals surface area contributed by atoms with Gasteiger partial charge in [-0.15, -0.1) is 0 Å². The van der Waals surface area contributed by atoms with Gasteiger partial charge in [-0.1, -0.05) is 54.9 Å². The Balaban J connectivity index is 3.67. The van der Waals surface area contributed by atoms with Crippen LogP contribution in [0.5, 0.6) is 5.75 Å². The number of hydrogen-bond acceptors (Lipinski definition) is 3. The quantitative estimate of drug-likeness (QED) is 0.153. The maximum absolute atomic E-state index is 12.5. The summed E-state index contributed by atoms with van der Waals surface area (Å²) in [5, 5.41) is 12.5. The molecule has 158 valence electrons. The van der Waals surface area contributed by atoms with Crippen LogP contribution in [0.3, 0.4) is 0 Å². The second-order valence-corrected chi connectivity index (χ2v) is 10.6. The third-order valence-corrected chi connectivity index (χ3v) is 4.61. The summed E-state index contributed by atoms with van der Waals surface area (Å²) in [5.74, 6) is 0.446. The summed E-state index contributed by atoms with van der Waals surface area (Å²) in [6, 6.07) is 3.96. The van der Waals surface area contributed by atoms with Crippen LogP contribution >= 0.6 is 0 Å². The Bertz CT molecular complexity index is 691. The first-order valence-corrected chi connectivity index (χ1v) is 10.3. The molecule has 0 aromatic heterocycles. The molecule has 4 nitrogen and oxygen atoms in total. The Morgan fingerprint density at radius 2 is 1.46 bits per heavy atom. The molecule has 1 rings (SSSR count). The van der Waals surface area contributed by atoms with Gasteiger partial charge in [-0.3, -0.25) is 4.79 Å². The van der Waals surface area contributed by atoms with Gasteiger partial charge in [0.2, 0.25) is 0 Å². The number of rotatable bonds is 5. The molecule has 0 bridgehead atoms. The average Bonchev–Trinajstić information content (AvgIpc) is 2.50. The van der Waals surface area contributed by atoms with E-state index >= 15 is 0 Å². The van der Waals surface area contributed by atoms with E-state index in [-0.39, 0.29) is 16.8 Å². The topological polar surface area (TPSA) is 52.4 Å². The first-order chi connectivity index (χ1) is 12.6. The lowest BCUT2D eigenvalue weighted by molar-refractivity contribution is -0.530. The molecule has 0 aliphatic carbocycles. The van der Waals surface area contributed by atoms with E-state index in [1.807, 2.05) is 32.9 Å². The third kappa shape index (κ3) is 6.65.